The van der Waals surface area contributed by atoms with Crippen LogP contribution in [0.1, 0.15) is 17.5 Å². The smallest absolute Gasteiger partial charge is 0.316 e. The van der Waals surface area contributed by atoms with Gasteiger partial charge in [-0.2, -0.15) is 9.78 Å². The number of nitrogens with one attached hydrogen (secondary N) is 1. The van der Waals surface area contributed by atoms with E-state index in [9.17, 15) is 22.4 Å². The SMILES string of the molecule is O=c1c(OC2CCc3c(F)ccc(F)c3C2)c(N2CCNCC2)cnn1-c1cc(F)cc(F)c1. The molecule has 0 spiro atoms. The van der Waals surface area contributed by atoms with Gasteiger partial charge in [-0.25, -0.2) is 17.6 Å². The molecule has 1 saturated heterocycles. The van der Waals surface area contributed by atoms with Gasteiger partial charge in [0.2, 0.25) is 5.75 Å². The highest BCUT2D eigenvalue weighted by atomic mass is 19.1. The number of aromatic nitrogens is 2. The average Bonchev–Trinajstić information content (AvgIpc) is 2.82. The molecule has 2 aliphatic rings. The normalized spacial score (nSPS) is 18.0. The van der Waals surface area contributed by atoms with Gasteiger partial charge in [0.15, 0.2) is 0 Å². The van der Waals surface area contributed by atoms with E-state index in [0.29, 0.717) is 49.9 Å². The lowest BCUT2D eigenvalue weighted by molar-refractivity contribution is 0.178. The molecule has 1 N–H and O–H groups in total. The Kier molecular flexibility index (Phi) is 5.99. The summed E-state index contributed by atoms with van der Waals surface area (Å²) in [5, 5.41) is 7.37. The zero-order valence-electron chi connectivity index (χ0n) is 18.2. The molecule has 0 radical (unpaired) electrons. The Bertz CT molecular complexity index is 1270. The lowest BCUT2D eigenvalue weighted by Gasteiger charge is -2.32. The maximum Gasteiger partial charge on any atom is 0.316 e. The Hall–Kier alpha value is -3.40. The van der Waals surface area contributed by atoms with Crippen molar-refractivity contribution < 1.29 is 22.3 Å². The number of halogens is 4. The Labute approximate surface area is 192 Å². The van der Waals surface area contributed by atoms with Crippen molar-refractivity contribution in [2.75, 3.05) is 31.1 Å². The zero-order chi connectivity index (χ0) is 23.8. The van der Waals surface area contributed by atoms with E-state index < -0.39 is 34.9 Å². The van der Waals surface area contributed by atoms with Gasteiger partial charge in [0, 0.05) is 38.7 Å². The number of piperazine rings is 1. The number of ether oxygens (including phenoxy) is 1. The summed E-state index contributed by atoms with van der Waals surface area (Å²) < 4.78 is 63.1. The van der Waals surface area contributed by atoms with Crippen LogP contribution in [0.4, 0.5) is 23.2 Å². The first-order valence-electron chi connectivity index (χ1n) is 11.1. The summed E-state index contributed by atoms with van der Waals surface area (Å²) in [5.41, 5.74) is 0.240. The fourth-order valence-electron chi connectivity index (χ4n) is 4.55. The first kappa shape index (κ1) is 22.4. The van der Waals surface area contributed by atoms with E-state index in [1.165, 1.54) is 6.20 Å². The molecule has 1 atom stereocenters. The molecule has 1 fully saturated rings. The third kappa shape index (κ3) is 4.25. The van der Waals surface area contributed by atoms with Gasteiger partial charge >= 0.3 is 5.56 Å². The molecule has 1 unspecified atom stereocenters. The molecular formula is C24H22F4N4O2. The number of fused-ring (bicyclic) bond motifs is 1. The van der Waals surface area contributed by atoms with Crippen LogP contribution in [0.15, 0.2) is 41.3 Å². The summed E-state index contributed by atoms with van der Waals surface area (Å²) >= 11 is 0. The van der Waals surface area contributed by atoms with Crippen molar-refractivity contribution in [3.8, 4) is 11.4 Å². The lowest BCUT2D eigenvalue weighted by Crippen LogP contribution is -2.44. The van der Waals surface area contributed by atoms with Gasteiger partial charge in [-0.1, -0.05) is 0 Å². The first-order chi connectivity index (χ1) is 16.4. The monoisotopic (exact) mass is 474 g/mol. The summed E-state index contributed by atoms with van der Waals surface area (Å²) in [4.78, 5) is 15.4. The van der Waals surface area contributed by atoms with Crippen LogP contribution in [0.25, 0.3) is 5.69 Å². The second-order valence-electron chi connectivity index (χ2n) is 8.41. The van der Waals surface area contributed by atoms with Gasteiger partial charge in [-0.3, -0.25) is 4.79 Å². The number of nitrogens with zero attached hydrogens (tertiary/aromatic N) is 3. The maximum atomic E-state index is 14.4. The number of hydrogen-bond donors (Lipinski definition) is 1. The lowest BCUT2D eigenvalue weighted by atomic mass is 9.89. The molecule has 3 aromatic rings. The fourth-order valence-corrected chi connectivity index (χ4v) is 4.55. The zero-order valence-corrected chi connectivity index (χ0v) is 18.2. The maximum absolute atomic E-state index is 14.4. The topological polar surface area (TPSA) is 59.4 Å². The molecule has 1 aliphatic heterocycles. The van der Waals surface area contributed by atoms with Gasteiger partial charge in [0.25, 0.3) is 0 Å². The van der Waals surface area contributed by atoms with Gasteiger partial charge in [-0.05, 0) is 48.2 Å². The molecule has 10 heteroatoms. The Balaban J connectivity index is 1.55. The second kappa shape index (κ2) is 9.09. The molecule has 0 bridgehead atoms. The van der Waals surface area contributed by atoms with Gasteiger partial charge < -0.3 is 15.0 Å². The van der Waals surface area contributed by atoms with Crippen LogP contribution in [0, 0.1) is 23.3 Å². The van der Waals surface area contributed by atoms with Crippen LogP contribution in [-0.2, 0) is 12.8 Å². The van der Waals surface area contributed by atoms with E-state index in [2.05, 4.69) is 10.4 Å². The molecule has 0 saturated carbocycles. The molecule has 5 rings (SSSR count). The summed E-state index contributed by atoms with van der Waals surface area (Å²) in [6.07, 6.45) is 1.59. The highest BCUT2D eigenvalue weighted by molar-refractivity contribution is 5.57. The Morgan fingerprint density at radius 2 is 1.65 bits per heavy atom. The van der Waals surface area contributed by atoms with Crippen molar-refractivity contribution in [2.24, 2.45) is 0 Å². The molecule has 178 valence electrons. The van der Waals surface area contributed by atoms with E-state index in [4.69, 9.17) is 4.74 Å². The standard InChI is InChI=1S/C24H22F4N4O2/c25-14-9-15(26)11-16(10-14)32-24(33)23(22(13-30-32)31-7-5-29-6-8-31)34-17-1-2-18-19(12-17)21(28)4-3-20(18)27/h3-4,9-11,13,17,29H,1-2,5-8,12H2. The molecule has 6 nitrogen and oxygen atoms in total. The summed E-state index contributed by atoms with van der Waals surface area (Å²) in [5.74, 6) is -2.71. The molecule has 2 aromatic carbocycles. The van der Waals surface area contributed by atoms with Crippen LogP contribution in [0.3, 0.4) is 0 Å². The number of rotatable bonds is 4. The van der Waals surface area contributed by atoms with Crippen molar-refractivity contribution in [2.45, 2.75) is 25.4 Å². The highest BCUT2D eigenvalue weighted by Gasteiger charge is 2.29. The third-order valence-corrected chi connectivity index (χ3v) is 6.21. The van der Waals surface area contributed by atoms with Crippen molar-refractivity contribution in [1.29, 1.82) is 0 Å². The number of benzene rings is 2. The minimum absolute atomic E-state index is 0.0353. The molecule has 2 heterocycles. The largest absolute Gasteiger partial charge is 0.483 e. The quantitative estimate of drug-likeness (QED) is 0.589. The summed E-state index contributed by atoms with van der Waals surface area (Å²) in [6.45, 7) is 2.59. The van der Waals surface area contributed by atoms with E-state index in [0.717, 1.165) is 28.9 Å². The van der Waals surface area contributed by atoms with Gasteiger partial charge in [0.1, 0.15) is 35.1 Å². The minimum atomic E-state index is -0.848. The van der Waals surface area contributed by atoms with Gasteiger partial charge in [0.05, 0.1) is 11.9 Å². The first-order valence-corrected chi connectivity index (χ1v) is 11.1. The van der Waals surface area contributed by atoms with Crippen LogP contribution in [-0.4, -0.2) is 42.1 Å². The van der Waals surface area contributed by atoms with E-state index >= 15 is 0 Å². The third-order valence-electron chi connectivity index (χ3n) is 6.21. The van der Waals surface area contributed by atoms with Crippen LogP contribution in [0.2, 0.25) is 0 Å². The molecule has 1 aliphatic carbocycles. The highest BCUT2D eigenvalue weighted by Crippen LogP contribution is 2.31. The van der Waals surface area contributed by atoms with E-state index in [-0.39, 0.29) is 29.8 Å². The molecule has 0 amide bonds. The molecule has 34 heavy (non-hydrogen) atoms. The number of hydrogen-bond acceptors (Lipinski definition) is 5. The van der Waals surface area contributed by atoms with Crippen molar-refractivity contribution >= 4 is 5.69 Å². The Morgan fingerprint density at radius 3 is 2.35 bits per heavy atom. The van der Waals surface area contributed by atoms with Gasteiger partial charge in [-0.15, -0.1) is 0 Å². The molecular weight excluding hydrogens is 452 g/mol. The molecule has 1 aromatic heterocycles. The van der Waals surface area contributed by atoms with Crippen molar-refractivity contribution in [3.05, 3.63) is 81.3 Å². The van der Waals surface area contributed by atoms with E-state index in [1.807, 2.05) is 4.90 Å². The number of anilines is 1. The summed E-state index contributed by atoms with van der Waals surface area (Å²) in [7, 11) is 0. The predicted octanol–water partition coefficient (Wildman–Crippen LogP) is 3.13. The van der Waals surface area contributed by atoms with E-state index in [1.54, 1.807) is 0 Å². The predicted molar refractivity (Wildman–Crippen MR) is 118 cm³/mol. The van der Waals surface area contributed by atoms with Crippen LogP contribution in [0.5, 0.6) is 5.75 Å². The summed E-state index contributed by atoms with van der Waals surface area (Å²) in [6, 6.07) is 4.90. The second-order valence-corrected chi connectivity index (χ2v) is 8.41. The van der Waals surface area contributed by atoms with Crippen molar-refractivity contribution in [1.82, 2.24) is 15.1 Å². The average molecular weight is 474 g/mol. The van der Waals surface area contributed by atoms with Crippen LogP contribution >= 0.6 is 0 Å². The van der Waals surface area contributed by atoms with Crippen LogP contribution < -0.4 is 20.5 Å². The minimum Gasteiger partial charge on any atom is -0.483 e. The van der Waals surface area contributed by atoms with Crippen molar-refractivity contribution in [3.63, 3.8) is 0 Å². The Morgan fingerprint density at radius 1 is 0.971 bits per heavy atom. The fraction of sp³-hybridized carbons (Fsp3) is 0.333.